The number of nitrogens with zero attached hydrogens (tertiary/aromatic N) is 1. The number of ether oxygens (including phenoxy) is 3. The van der Waals surface area contributed by atoms with Gasteiger partial charge in [-0.3, -0.25) is 0 Å². The van der Waals surface area contributed by atoms with Gasteiger partial charge >= 0.3 is 5.97 Å². The number of thiazole rings is 1. The minimum absolute atomic E-state index is 0.393. The van der Waals surface area contributed by atoms with Gasteiger partial charge in [0.2, 0.25) is 0 Å². The Bertz CT molecular complexity index is 972. The maximum atomic E-state index is 11.9. The van der Waals surface area contributed by atoms with E-state index in [1.54, 1.807) is 25.2 Å². The normalized spacial score (nSPS) is 11.2. The lowest BCUT2D eigenvalue weighted by atomic mass is 10.1. The molecule has 3 rings (SSSR count). The lowest BCUT2D eigenvalue weighted by Gasteiger charge is -2.26. The van der Waals surface area contributed by atoms with E-state index in [4.69, 9.17) is 14.2 Å². The van der Waals surface area contributed by atoms with Crippen LogP contribution in [0.25, 0.3) is 11.3 Å². The molecule has 29 heavy (non-hydrogen) atoms. The molecule has 152 valence electrons. The van der Waals surface area contributed by atoms with Crippen molar-refractivity contribution in [2.24, 2.45) is 0 Å². The van der Waals surface area contributed by atoms with Gasteiger partial charge in [-0.05, 0) is 51.0 Å². The molecule has 0 atom stereocenters. The Morgan fingerprint density at radius 1 is 1.10 bits per heavy atom. The lowest BCUT2D eigenvalue weighted by molar-refractivity contribution is -0.156. The average molecular weight is 412 g/mol. The minimum atomic E-state index is -1.07. The highest BCUT2D eigenvalue weighted by atomic mass is 32.1. The van der Waals surface area contributed by atoms with Crippen LogP contribution in [-0.4, -0.2) is 23.7 Å². The fourth-order valence-corrected chi connectivity index (χ4v) is 3.68. The Balaban J connectivity index is 1.70. The summed E-state index contributed by atoms with van der Waals surface area (Å²) in [5.74, 6) is 0.975. The van der Waals surface area contributed by atoms with Gasteiger partial charge in [-0.1, -0.05) is 30.3 Å². The van der Waals surface area contributed by atoms with E-state index >= 15 is 0 Å². The second-order valence-corrected chi connectivity index (χ2v) is 8.21. The largest absolute Gasteiger partial charge is 0.486 e. The molecule has 0 unspecified atom stereocenters. The SMILES string of the molecule is COC(=O)C(C)(C)Oc1c(C)cc(OCc2nc(-c3ccccc3)cs2)cc1C. The summed E-state index contributed by atoms with van der Waals surface area (Å²) < 4.78 is 16.7. The van der Waals surface area contributed by atoms with Crippen molar-refractivity contribution in [3.63, 3.8) is 0 Å². The lowest BCUT2D eigenvalue weighted by Crippen LogP contribution is -2.39. The van der Waals surface area contributed by atoms with E-state index in [1.165, 1.54) is 7.11 Å². The molecule has 0 aliphatic rings. The third-order valence-electron chi connectivity index (χ3n) is 4.45. The Labute approximate surface area is 175 Å². The molecule has 3 aromatic rings. The number of methoxy groups -OCH3 is 1. The molecule has 0 amide bonds. The number of hydrogen-bond donors (Lipinski definition) is 0. The molecule has 0 saturated carbocycles. The van der Waals surface area contributed by atoms with Crippen LogP contribution in [0.2, 0.25) is 0 Å². The summed E-state index contributed by atoms with van der Waals surface area (Å²) in [5, 5.41) is 2.95. The zero-order chi connectivity index (χ0) is 21.0. The van der Waals surface area contributed by atoms with Crippen LogP contribution in [0.4, 0.5) is 0 Å². The van der Waals surface area contributed by atoms with Gasteiger partial charge < -0.3 is 14.2 Å². The molecule has 0 N–H and O–H groups in total. The van der Waals surface area contributed by atoms with Crippen LogP contribution in [0.5, 0.6) is 11.5 Å². The molecule has 2 aromatic carbocycles. The van der Waals surface area contributed by atoms with E-state index in [9.17, 15) is 4.79 Å². The number of rotatable bonds is 7. The summed E-state index contributed by atoms with van der Waals surface area (Å²) >= 11 is 1.58. The van der Waals surface area contributed by atoms with Crippen LogP contribution in [0.1, 0.15) is 30.0 Å². The van der Waals surface area contributed by atoms with E-state index in [0.29, 0.717) is 12.4 Å². The predicted molar refractivity (Wildman–Crippen MR) is 115 cm³/mol. The maximum Gasteiger partial charge on any atom is 0.349 e. The van der Waals surface area contributed by atoms with E-state index in [-0.39, 0.29) is 0 Å². The van der Waals surface area contributed by atoms with Gasteiger partial charge in [0, 0.05) is 10.9 Å². The second-order valence-electron chi connectivity index (χ2n) is 7.27. The molecular weight excluding hydrogens is 386 g/mol. The zero-order valence-electron chi connectivity index (χ0n) is 17.3. The van der Waals surface area contributed by atoms with Crippen molar-refractivity contribution in [3.8, 4) is 22.8 Å². The van der Waals surface area contributed by atoms with Crippen molar-refractivity contribution in [3.05, 3.63) is 64.0 Å². The first-order chi connectivity index (χ1) is 13.8. The highest BCUT2D eigenvalue weighted by Gasteiger charge is 2.32. The number of esters is 1. The molecule has 0 aliphatic heterocycles. The molecule has 1 aromatic heterocycles. The topological polar surface area (TPSA) is 57.7 Å². The first kappa shape index (κ1) is 20.9. The van der Waals surface area contributed by atoms with Crippen molar-refractivity contribution < 1.29 is 19.0 Å². The monoisotopic (exact) mass is 411 g/mol. The standard InChI is InChI=1S/C23H25NO4S/c1-15-11-18(12-16(2)21(15)28-23(3,4)22(25)26-5)27-13-20-24-19(14-29-20)17-9-7-6-8-10-17/h6-12,14H,13H2,1-5H3. The third-order valence-corrected chi connectivity index (χ3v) is 5.27. The van der Waals surface area contributed by atoms with Crippen LogP contribution >= 0.6 is 11.3 Å². The van der Waals surface area contributed by atoms with Crippen molar-refractivity contribution in [2.45, 2.75) is 39.9 Å². The smallest absolute Gasteiger partial charge is 0.349 e. The summed E-state index contributed by atoms with van der Waals surface area (Å²) in [6.07, 6.45) is 0. The fourth-order valence-electron chi connectivity index (χ4n) is 2.96. The molecule has 0 radical (unpaired) electrons. The first-order valence-corrected chi connectivity index (χ1v) is 10.2. The molecule has 1 heterocycles. The summed E-state index contributed by atoms with van der Waals surface area (Å²) in [5.41, 5.74) is 2.76. The zero-order valence-corrected chi connectivity index (χ0v) is 18.1. The molecule has 0 bridgehead atoms. The fraction of sp³-hybridized carbons (Fsp3) is 0.304. The Hall–Kier alpha value is -2.86. The Morgan fingerprint density at radius 2 is 1.76 bits per heavy atom. The Morgan fingerprint density at radius 3 is 2.38 bits per heavy atom. The molecular formula is C23H25NO4S. The highest BCUT2D eigenvalue weighted by molar-refractivity contribution is 7.09. The number of benzene rings is 2. The summed E-state index contributed by atoms with van der Waals surface area (Å²) in [7, 11) is 1.35. The number of carbonyl (C=O) groups excluding carboxylic acids is 1. The number of aryl methyl sites for hydroxylation is 2. The van der Waals surface area contributed by atoms with Crippen molar-refractivity contribution in [2.75, 3.05) is 7.11 Å². The van der Waals surface area contributed by atoms with Gasteiger partial charge in [0.25, 0.3) is 0 Å². The van der Waals surface area contributed by atoms with E-state index in [0.717, 1.165) is 33.1 Å². The Kier molecular flexibility index (Phi) is 6.23. The highest BCUT2D eigenvalue weighted by Crippen LogP contribution is 2.32. The summed E-state index contributed by atoms with van der Waals surface area (Å²) in [4.78, 5) is 16.6. The van der Waals surface area contributed by atoms with Crippen LogP contribution in [-0.2, 0) is 16.1 Å². The summed E-state index contributed by atoms with van der Waals surface area (Å²) in [6.45, 7) is 7.63. The molecule has 6 heteroatoms. The van der Waals surface area contributed by atoms with E-state index in [2.05, 4.69) is 4.98 Å². The summed E-state index contributed by atoms with van der Waals surface area (Å²) in [6, 6.07) is 13.9. The third kappa shape index (κ3) is 4.95. The molecule has 0 spiro atoms. The van der Waals surface area contributed by atoms with Gasteiger partial charge in [-0.15, -0.1) is 11.3 Å². The van der Waals surface area contributed by atoms with Gasteiger partial charge in [-0.25, -0.2) is 9.78 Å². The quantitative estimate of drug-likeness (QED) is 0.492. The van der Waals surface area contributed by atoms with Crippen molar-refractivity contribution in [1.82, 2.24) is 4.98 Å². The van der Waals surface area contributed by atoms with Crippen LogP contribution in [0, 0.1) is 13.8 Å². The average Bonchev–Trinajstić information content (AvgIpc) is 3.18. The molecule has 0 fully saturated rings. The molecule has 0 aliphatic carbocycles. The van der Waals surface area contributed by atoms with Crippen molar-refractivity contribution >= 4 is 17.3 Å². The maximum absolute atomic E-state index is 11.9. The molecule has 0 saturated heterocycles. The van der Waals surface area contributed by atoms with Crippen molar-refractivity contribution in [1.29, 1.82) is 0 Å². The second kappa shape index (κ2) is 8.66. The minimum Gasteiger partial charge on any atom is -0.486 e. The first-order valence-electron chi connectivity index (χ1n) is 9.31. The number of hydrogen-bond acceptors (Lipinski definition) is 6. The van der Waals surface area contributed by atoms with Crippen LogP contribution in [0.3, 0.4) is 0 Å². The van der Waals surface area contributed by atoms with Crippen LogP contribution in [0.15, 0.2) is 47.8 Å². The van der Waals surface area contributed by atoms with E-state index < -0.39 is 11.6 Å². The van der Waals surface area contributed by atoms with Gasteiger partial charge in [0.15, 0.2) is 5.60 Å². The van der Waals surface area contributed by atoms with Gasteiger partial charge in [0.1, 0.15) is 23.1 Å². The molecule has 5 nitrogen and oxygen atoms in total. The number of aromatic nitrogens is 1. The van der Waals surface area contributed by atoms with Gasteiger partial charge in [-0.2, -0.15) is 0 Å². The number of carbonyl (C=O) groups is 1. The van der Waals surface area contributed by atoms with Gasteiger partial charge in [0.05, 0.1) is 12.8 Å². The van der Waals surface area contributed by atoms with Crippen LogP contribution < -0.4 is 9.47 Å². The van der Waals surface area contributed by atoms with E-state index in [1.807, 2.05) is 61.7 Å². The predicted octanol–water partition coefficient (Wildman–Crippen LogP) is 5.34.